The van der Waals surface area contributed by atoms with E-state index in [-0.39, 0.29) is 0 Å². The summed E-state index contributed by atoms with van der Waals surface area (Å²) in [5.74, 6) is 13.6. The standard InChI is InChI=1S/C17H18Ge/c1-18(2,3)17-13-11-16(12-14-17)10-9-15-7-5-4-6-8-15/h4-8,11-14H,1-3H3. The summed E-state index contributed by atoms with van der Waals surface area (Å²) in [6, 6.07) is 18.9. The average Bonchev–Trinajstić information content (AvgIpc) is 2.37. The maximum absolute atomic E-state index is 3.21. The summed E-state index contributed by atoms with van der Waals surface area (Å²) >= 11 is -1.68. The van der Waals surface area contributed by atoms with Gasteiger partial charge in [-0.15, -0.1) is 0 Å². The fourth-order valence-corrected chi connectivity index (χ4v) is 4.17. The van der Waals surface area contributed by atoms with Crippen molar-refractivity contribution in [2.45, 2.75) is 17.3 Å². The molecule has 18 heavy (non-hydrogen) atoms. The van der Waals surface area contributed by atoms with Crippen molar-refractivity contribution in [3.8, 4) is 11.8 Å². The van der Waals surface area contributed by atoms with Gasteiger partial charge >= 0.3 is 112 Å². The van der Waals surface area contributed by atoms with Crippen LogP contribution in [-0.2, 0) is 0 Å². The average molecular weight is 295 g/mol. The van der Waals surface area contributed by atoms with Crippen LogP contribution >= 0.6 is 0 Å². The summed E-state index contributed by atoms with van der Waals surface area (Å²) in [5, 5.41) is 0. The molecule has 0 radical (unpaired) electrons. The Morgan fingerprint density at radius 2 is 1.17 bits per heavy atom. The minimum atomic E-state index is -1.68. The molecule has 0 saturated heterocycles. The SMILES string of the molecule is [CH3][Ge]([CH3])([CH3])[c]1ccc(C#Cc2ccccc2)cc1. The van der Waals surface area contributed by atoms with Crippen molar-refractivity contribution >= 4 is 17.7 Å². The molecule has 2 rings (SSSR count). The molecule has 1 heteroatoms. The molecule has 0 heterocycles. The van der Waals surface area contributed by atoms with Gasteiger partial charge in [0.05, 0.1) is 0 Å². The van der Waals surface area contributed by atoms with E-state index >= 15 is 0 Å². The van der Waals surface area contributed by atoms with Gasteiger partial charge < -0.3 is 0 Å². The first kappa shape index (κ1) is 13.0. The predicted molar refractivity (Wildman–Crippen MR) is 81.8 cm³/mol. The predicted octanol–water partition coefficient (Wildman–Crippen LogP) is 3.63. The van der Waals surface area contributed by atoms with Crippen LogP contribution in [0.15, 0.2) is 54.6 Å². The van der Waals surface area contributed by atoms with Gasteiger partial charge in [0.25, 0.3) is 0 Å². The third-order valence-electron chi connectivity index (χ3n) is 2.88. The Kier molecular flexibility index (Phi) is 3.94. The monoisotopic (exact) mass is 296 g/mol. The third kappa shape index (κ3) is 3.52. The second-order valence-corrected chi connectivity index (χ2v) is 16.1. The van der Waals surface area contributed by atoms with Crippen LogP contribution in [0.25, 0.3) is 0 Å². The van der Waals surface area contributed by atoms with E-state index in [1.807, 2.05) is 30.3 Å². The van der Waals surface area contributed by atoms with Crippen LogP contribution in [0, 0.1) is 11.8 Å². The molecule has 0 bridgehead atoms. The summed E-state index contributed by atoms with van der Waals surface area (Å²) in [5.41, 5.74) is 2.16. The Balaban J connectivity index is 2.20. The first-order chi connectivity index (χ1) is 8.55. The van der Waals surface area contributed by atoms with Gasteiger partial charge in [-0.3, -0.25) is 0 Å². The topological polar surface area (TPSA) is 0 Å². The molecule has 2 aromatic carbocycles. The van der Waals surface area contributed by atoms with E-state index in [9.17, 15) is 0 Å². The molecule has 0 saturated carbocycles. The van der Waals surface area contributed by atoms with Crippen LogP contribution in [0.5, 0.6) is 0 Å². The number of hydrogen-bond donors (Lipinski definition) is 0. The van der Waals surface area contributed by atoms with Gasteiger partial charge in [-0.05, 0) is 0 Å². The summed E-state index contributed by atoms with van der Waals surface area (Å²) < 4.78 is 1.53. The fourth-order valence-electron chi connectivity index (χ4n) is 1.72. The van der Waals surface area contributed by atoms with Crippen LogP contribution < -0.4 is 4.40 Å². The molecule has 0 nitrogen and oxygen atoms in total. The van der Waals surface area contributed by atoms with Gasteiger partial charge in [-0.2, -0.15) is 0 Å². The molecule has 0 fully saturated rings. The molecule has 0 N–H and O–H groups in total. The first-order valence-corrected chi connectivity index (χ1v) is 13.6. The van der Waals surface area contributed by atoms with Crippen LogP contribution in [-0.4, -0.2) is 13.3 Å². The van der Waals surface area contributed by atoms with Gasteiger partial charge in [0.2, 0.25) is 0 Å². The molecule has 90 valence electrons. The van der Waals surface area contributed by atoms with E-state index in [1.54, 1.807) is 0 Å². The number of benzene rings is 2. The molecule has 0 unspecified atom stereocenters. The van der Waals surface area contributed by atoms with Gasteiger partial charge in [0.15, 0.2) is 0 Å². The quantitative estimate of drug-likeness (QED) is 0.556. The Labute approximate surface area is 112 Å². The van der Waals surface area contributed by atoms with E-state index in [2.05, 4.69) is 53.4 Å². The van der Waals surface area contributed by atoms with Crippen LogP contribution in [0.4, 0.5) is 0 Å². The molecule has 0 spiro atoms. The van der Waals surface area contributed by atoms with Gasteiger partial charge in [-0.25, -0.2) is 0 Å². The molecular weight excluding hydrogens is 277 g/mol. The maximum atomic E-state index is 3.21. The van der Waals surface area contributed by atoms with Crippen molar-refractivity contribution < 1.29 is 0 Å². The molecular formula is C17H18Ge. The van der Waals surface area contributed by atoms with Crippen molar-refractivity contribution in [1.29, 1.82) is 0 Å². The number of rotatable bonds is 1. The van der Waals surface area contributed by atoms with E-state index in [1.165, 1.54) is 4.40 Å². The van der Waals surface area contributed by atoms with Crippen molar-refractivity contribution in [3.05, 3.63) is 65.7 Å². The molecule has 0 aliphatic carbocycles. The van der Waals surface area contributed by atoms with Gasteiger partial charge in [0, 0.05) is 0 Å². The summed E-state index contributed by atoms with van der Waals surface area (Å²) in [6.45, 7) is 0. The van der Waals surface area contributed by atoms with E-state index in [4.69, 9.17) is 0 Å². The van der Waals surface area contributed by atoms with Crippen molar-refractivity contribution in [1.82, 2.24) is 0 Å². The Hall–Kier alpha value is -1.46. The molecule has 0 atom stereocenters. The molecule has 0 amide bonds. The van der Waals surface area contributed by atoms with E-state index < -0.39 is 13.3 Å². The van der Waals surface area contributed by atoms with Crippen LogP contribution in [0.2, 0.25) is 17.3 Å². The Morgan fingerprint density at radius 3 is 1.67 bits per heavy atom. The first-order valence-electron chi connectivity index (χ1n) is 6.23. The molecule has 0 aromatic heterocycles. The summed E-state index contributed by atoms with van der Waals surface area (Å²) in [7, 11) is 0. The normalized spacial score (nSPS) is 10.6. The molecule has 0 aliphatic rings. The van der Waals surface area contributed by atoms with Crippen molar-refractivity contribution in [3.63, 3.8) is 0 Å². The zero-order chi connectivity index (χ0) is 13.0. The van der Waals surface area contributed by atoms with E-state index in [0.717, 1.165) is 11.1 Å². The van der Waals surface area contributed by atoms with Crippen LogP contribution in [0.1, 0.15) is 11.1 Å². The summed E-state index contributed by atoms with van der Waals surface area (Å²) in [6.07, 6.45) is 0. The van der Waals surface area contributed by atoms with Gasteiger partial charge in [0.1, 0.15) is 0 Å². The summed E-state index contributed by atoms with van der Waals surface area (Å²) in [4.78, 5) is 0. The number of hydrogen-bond acceptors (Lipinski definition) is 0. The third-order valence-corrected chi connectivity index (χ3v) is 7.21. The van der Waals surface area contributed by atoms with Crippen molar-refractivity contribution in [2.75, 3.05) is 0 Å². The minimum absolute atomic E-state index is 1.06. The van der Waals surface area contributed by atoms with Crippen LogP contribution in [0.3, 0.4) is 0 Å². The second-order valence-electron chi connectivity index (χ2n) is 5.44. The zero-order valence-corrected chi connectivity index (χ0v) is 13.3. The fraction of sp³-hybridized carbons (Fsp3) is 0.176. The van der Waals surface area contributed by atoms with E-state index in [0.29, 0.717) is 0 Å². The Bertz CT molecular complexity index is 563. The van der Waals surface area contributed by atoms with Gasteiger partial charge in [-0.1, -0.05) is 0 Å². The molecule has 0 aliphatic heterocycles. The second kappa shape index (κ2) is 5.46. The Morgan fingerprint density at radius 1 is 0.667 bits per heavy atom. The van der Waals surface area contributed by atoms with Crippen molar-refractivity contribution in [2.24, 2.45) is 0 Å². The molecule has 2 aromatic rings. The zero-order valence-electron chi connectivity index (χ0n) is 11.2.